The van der Waals surface area contributed by atoms with Gasteiger partial charge in [-0.05, 0) is 24.2 Å². The van der Waals surface area contributed by atoms with E-state index in [2.05, 4.69) is 27.7 Å². The molecule has 0 bridgehead atoms. The number of rotatable bonds is 5. The van der Waals surface area contributed by atoms with E-state index in [0.717, 1.165) is 19.4 Å². The van der Waals surface area contributed by atoms with Crippen LogP contribution in [0.4, 0.5) is 0 Å². The standard InChI is InChI=1S/C11H24O2/c1-9(6-7-13-5)8-10(12)11(2,3)4/h9-10,12H,6-8H2,1-5H3. The number of hydrogen-bond donors (Lipinski definition) is 1. The van der Waals surface area contributed by atoms with Crippen LogP contribution in [0.3, 0.4) is 0 Å². The predicted molar refractivity (Wildman–Crippen MR) is 55.7 cm³/mol. The summed E-state index contributed by atoms with van der Waals surface area (Å²) in [5, 5.41) is 9.81. The van der Waals surface area contributed by atoms with Gasteiger partial charge in [0.25, 0.3) is 0 Å². The molecule has 0 amide bonds. The summed E-state index contributed by atoms with van der Waals surface area (Å²) in [5.74, 6) is 0.536. The Kier molecular flexibility index (Phi) is 5.57. The zero-order valence-electron chi connectivity index (χ0n) is 9.63. The Morgan fingerprint density at radius 1 is 1.31 bits per heavy atom. The molecule has 0 rings (SSSR count). The molecule has 0 spiro atoms. The number of aliphatic hydroxyl groups is 1. The van der Waals surface area contributed by atoms with E-state index in [4.69, 9.17) is 4.74 Å². The van der Waals surface area contributed by atoms with Gasteiger partial charge in [0.2, 0.25) is 0 Å². The van der Waals surface area contributed by atoms with Crippen molar-refractivity contribution in [3.8, 4) is 0 Å². The smallest absolute Gasteiger partial charge is 0.0591 e. The molecule has 0 radical (unpaired) electrons. The fourth-order valence-electron chi connectivity index (χ4n) is 1.17. The lowest BCUT2D eigenvalue weighted by atomic mass is 9.83. The van der Waals surface area contributed by atoms with E-state index in [1.807, 2.05) is 0 Å². The third kappa shape index (κ3) is 6.05. The molecule has 80 valence electrons. The van der Waals surface area contributed by atoms with Crippen molar-refractivity contribution in [2.24, 2.45) is 11.3 Å². The van der Waals surface area contributed by atoms with Crippen LogP contribution >= 0.6 is 0 Å². The molecule has 13 heavy (non-hydrogen) atoms. The Hall–Kier alpha value is -0.0800. The van der Waals surface area contributed by atoms with Crippen molar-refractivity contribution in [2.45, 2.75) is 46.6 Å². The van der Waals surface area contributed by atoms with Crippen molar-refractivity contribution >= 4 is 0 Å². The van der Waals surface area contributed by atoms with E-state index in [0.29, 0.717) is 5.92 Å². The van der Waals surface area contributed by atoms with E-state index < -0.39 is 0 Å². The predicted octanol–water partition coefficient (Wildman–Crippen LogP) is 2.46. The van der Waals surface area contributed by atoms with Crippen LogP contribution in [-0.4, -0.2) is 24.9 Å². The average molecular weight is 188 g/mol. The first kappa shape index (κ1) is 12.9. The van der Waals surface area contributed by atoms with Gasteiger partial charge in [-0.15, -0.1) is 0 Å². The molecule has 0 fully saturated rings. The summed E-state index contributed by atoms with van der Waals surface area (Å²) in [6.45, 7) is 9.16. The maximum Gasteiger partial charge on any atom is 0.0591 e. The lowest BCUT2D eigenvalue weighted by Gasteiger charge is -2.28. The SMILES string of the molecule is COCCC(C)CC(O)C(C)(C)C. The summed E-state index contributed by atoms with van der Waals surface area (Å²) in [5.41, 5.74) is 0.00132. The molecule has 0 aromatic rings. The van der Waals surface area contributed by atoms with Gasteiger partial charge in [-0.25, -0.2) is 0 Å². The Morgan fingerprint density at radius 3 is 2.23 bits per heavy atom. The topological polar surface area (TPSA) is 29.5 Å². The second-order valence-corrected chi connectivity index (χ2v) is 5.00. The van der Waals surface area contributed by atoms with Gasteiger partial charge in [-0.1, -0.05) is 27.7 Å². The Labute approximate surface area is 82.3 Å². The quantitative estimate of drug-likeness (QED) is 0.718. The molecular formula is C11H24O2. The van der Waals surface area contributed by atoms with Gasteiger partial charge in [0.05, 0.1) is 6.10 Å². The summed E-state index contributed by atoms with van der Waals surface area (Å²) in [6.07, 6.45) is 1.69. The minimum absolute atomic E-state index is 0.00132. The molecule has 0 saturated heterocycles. The van der Waals surface area contributed by atoms with Crippen LogP contribution in [0.5, 0.6) is 0 Å². The minimum Gasteiger partial charge on any atom is -0.393 e. The molecule has 0 saturated carbocycles. The van der Waals surface area contributed by atoms with Gasteiger partial charge in [0.1, 0.15) is 0 Å². The molecule has 0 aliphatic heterocycles. The van der Waals surface area contributed by atoms with Crippen LogP contribution in [0, 0.1) is 11.3 Å². The van der Waals surface area contributed by atoms with Gasteiger partial charge in [-0.3, -0.25) is 0 Å². The van der Waals surface area contributed by atoms with Gasteiger partial charge in [0, 0.05) is 13.7 Å². The molecule has 0 aliphatic rings. The number of methoxy groups -OCH3 is 1. The van der Waals surface area contributed by atoms with Crippen LogP contribution in [-0.2, 0) is 4.74 Å². The van der Waals surface area contributed by atoms with E-state index in [-0.39, 0.29) is 11.5 Å². The summed E-state index contributed by atoms with van der Waals surface area (Å²) < 4.78 is 5.00. The van der Waals surface area contributed by atoms with Crippen molar-refractivity contribution < 1.29 is 9.84 Å². The second-order valence-electron chi connectivity index (χ2n) is 5.00. The maximum absolute atomic E-state index is 9.81. The average Bonchev–Trinajstić information content (AvgIpc) is 1.99. The summed E-state index contributed by atoms with van der Waals surface area (Å²) in [7, 11) is 1.72. The molecule has 2 atom stereocenters. The fourth-order valence-corrected chi connectivity index (χ4v) is 1.17. The van der Waals surface area contributed by atoms with Crippen LogP contribution in [0.1, 0.15) is 40.5 Å². The third-order valence-corrected chi connectivity index (χ3v) is 2.44. The zero-order valence-corrected chi connectivity index (χ0v) is 9.63. The van der Waals surface area contributed by atoms with Crippen LogP contribution in [0.2, 0.25) is 0 Å². The summed E-state index contributed by atoms with van der Waals surface area (Å²) in [4.78, 5) is 0. The van der Waals surface area contributed by atoms with Gasteiger partial charge in [-0.2, -0.15) is 0 Å². The Bertz CT molecular complexity index is 127. The largest absolute Gasteiger partial charge is 0.393 e. The van der Waals surface area contributed by atoms with Crippen LogP contribution < -0.4 is 0 Å². The minimum atomic E-state index is -0.209. The van der Waals surface area contributed by atoms with Crippen molar-refractivity contribution in [2.75, 3.05) is 13.7 Å². The second kappa shape index (κ2) is 5.61. The number of aliphatic hydroxyl groups excluding tert-OH is 1. The molecule has 0 aromatic heterocycles. The highest BCUT2D eigenvalue weighted by Crippen LogP contribution is 2.25. The Balaban J connectivity index is 3.71. The van der Waals surface area contributed by atoms with Gasteiger partial charge >= 0.3 is 0 Å². The van der Waals surface area contributed by atoms with Crippen molar-refractivity contribution in [3.05, 3.63) is 0 Å². The van der Waals surface area contributed by atoms with E-state index in [9.17, 15) is 5.11 Å². The first-order valence-electron chi connectivity index (χ1n) is 5.05. The van der Waals surface area contributed by atoms with Crippen molar-refractivity contribution in [1.82, 2.24) is 0 Å². The molecule has 0 aromatic carbocycles. The normalized spacial score (nSPS) is 17.1. The van der Waals surface area contributed by atoms with E-state index in [1.54, 1.807) is 7.11 Å². The molecule has 2 nitrogen and oxygen atoms in total. The third-order valence-electron chi connectivity index (χ3n) is 2.44. The van der Waals surface area contributed by atoms with E-state index >= 15 is 0 Å². The summed E-state index contributed by atoms with van der Waals surface area (Å²) >= 11 is 0. The highest BCUT2D eigenvalue weighted by molar-refractivity contribution is 4.74. The molecule has 1 N–H and O–H groups in total. The first-order chi connectivity index (χ1) is 5.88. The molecule has 0 aliphatic carbocycles. The Morgan fingerprint density at radius 2 is 1.85 bits per heavy atom. The highest BCUT2D eigenvalue weighted by Gasteiger charge is 2.23. The van der Waals surface area contributed by atoms with Crippen LogP contribution in [0.15, 0.2) is 0 Å². The fraction of sp³-hybridized carbons (Fsp3) is 1.00. The molecule has 2 heteroatoms. The lowest BCUT2D eigenvalue weighted by molar-refractivity contribution is 0.0385. The number of hydrogen-bond acceptors (Lipinski definition) is 2. The monoisotopic (exact) mass is 188 g/mol. The zero-order chi connectivity index (χ0) is 10.5. The van der Waals surface area contributed by atoms with Crippen molar-refractivity contribution in [3.63, 3.8) is 0 Å². The molecule has 2 unspecified atom stereocenters. The lowest BCUT2D eigenvalue weighted by Crippen LogP contribution is -2.28. The summed E-state index contributed by atoms with van der Waals surface area (Å²) in [6, 6.07) is 0. The van der Waals surface area contributed by atoms with Crippen molar-refractivity contribution in [1.29, 1.82) is 0 Å². The number of ether oxygens (including phenoxy) is 1. The molecular weight excluding hydrogens is 164 g/mol. The van der Waals surface area contributed by atoms with E-state index in [1.165, 1.54) is 0 Å². The van der Waals surface area contributed by atoms with Gasteiger partial charge < -0.3 is 9.84 Å². The van der Waals surface area contributed by atoms with Gasteiger partial charge in [0.15, 0.2) is 0 Å². The first-order valence-corrected chi connectivity index (χ1v) is 5.05. The van der Waals surface area contributed by atoms with Crippen LogP contribution in [0.25, 0.3) is 0 Å². The molecule has 0 heterocycles. The highest BCUT2D eigenvalue weighted by atomic mass is 16.5. The maximum atomic E-state index is 9.81.